The van der Waals surface area contributed by atoms with Gasteiger partial charge in [0, 0.05) is 17.7 Å². The Balaban J connectivity index is 8.51. The molecule has 0 atom stereocenters. The molecule has 0 amide bonds. The quantitative estimate of drug-likeness (QED) is 0.0345. The Bertz CT molecular complexity index is 1050. The largest absolute Gasteiger partial charge is 0.491 e. The van der Waals surface area contributed by atoms with Crippen molar-refractivity contribution in [3.63, 3.8) is 0 Å². The summed E-state index contributed by atoms with van der Waals surface area (Å²) in [6, 6.07) is 9.94. The van der Waals surface area contributed by atoms with Crippen LogP contribution < -0.4 is 0 Å². The van der Waals surface area contributed by atoms with Crippen molar-refractivity contribution in [1.29, 1.82) is 0 Å². The van der Waals surface area contributed by atoms with Gasteiger partial charge in [-0.3, -0.25) is 0 Å². The minimum Gasteiger partial charge on any atom is -0.491 e. The maximum absolute atomic E-state index is 14.1. The predicted molar refractivity (Wildman–Crippen MR) is 308 cm³/mol. The second-order valence-corrected chi connectivity index (χ2v) is 36.7. The van der Waals surface area contributed by atoms with Gasteiger partial charge in [0.15, 0.2) is 8.32 Å². The molecule has 400 valence electrons. The summed E-state index contributed by atoms with van der Waals surface area (Å²) in [5.41, 5.74) is 0.505. The molecule has 0 unspecified atom stereocenters. The van der Waals surface area contributed by atoms with Gasteiger partial charge in [-0.25, -0.2) is 4.79 Å². The first-order valence-corrected chi connectivity index (χ1v) is 39.7. The molecule has 0 aliphatic carbocycles. The van der Waals surface area contributed by atoms with Gasteiger partial charge in [0.1, 0.15) is 0 Å². The maximum atomic E-state index is 14.1. The first-order valence-electron chi connectivity index (χ1n) is 30.5. The Kier molecular flexibility index (Phi) is 44.6. The molecular formula is C58H122O5Si4. The van der Waals surface area contributed by atoms with Crippen LogP contribution in [0.5, 0.6) is 0 Å². The van der Waals surface area contributed by atoms with Crippen LogP contribution in [0.2, 0.25) is 54.4 Å². The molecule has 0 aliphatic rings. The summed E-state index contributed by atoms with van der Waals surface area (Å²) < 4.78 is 32.9. The van der Waals surface area contributed by atoms with E-state index in [4.69, 9.17) is 16.8 Å². The Morgan fingerprint density at radius 2 is 0.507 bits per heavy atom. The van der Waals surface area contributed by atoms with Crippen molar-refractivity contribution in [2.24, 2.45) is 0 Å². The highest BCUT2D eigenvalue weighted by atomic mass is 28.5. The fraction of sp³-hybridized carbons (Fsp3) is 0.948. The van der Waals surface area contributed by atoms with Crippen LogP contribution in [-0.2, 0) is 21.6 Å². The van der Waals surface area contributed by atoms with Crippen LogP contribution in [0.25, 0.3) is 0 Å². The minimum absolute atomic E-state index is 0.228. The van der Waals surface area contributed by atoms with Gasteiger partial charge in [0.05, 0.1) is 0 Å². The van der Waals surface area contributed by atoms with Crippen LogP contribution in [0.4, 0.5) is 0 Å². The molecule has 0 aromatic heterocycles. The van der Waals surface area contributed by atoms with Crippen molar-refractivity contribution >= 4 is 40.0 Å². The van der Waals surface area contributed by atoms with Crippen LogP contribution in [0.15, 0.2) is 12.2 Å². The maximum Gasteiger partial charge on any atom is 0.393 e. The van der Waals surface area contributed by atoms with E-state index in [-0.39, 0.29) is 5.97 Å². The SMILES string of the molecule is C=C(C)C(=O)O[Si](CCCCCC)(CCCCCC)O[Si](CCCCCC)(CCCCCC)O[Si](CCCCCC)(CCCCCC)O[Si](CCCCCC)(CCCCCC)CCCCCC. The molecule has 9 heteroatoms. The predicted octanol–water partition coefficient (Wildman–Crippen LogP) is 21.7. The Labute approximate surface area is 426 Å². The zero-order valence-electron chi connectivity index (χ0n) is 47.6. The van der Waals surface area contributed by atoms with Gasteiger partial charge >= 0.3 is 31.7 Å². The second-order valence-electron chi connectivity index (χ2n) is 21.7. The molecule has 0 N–H and O–H groups in total. The van der Waals surface area contributed by atoms with Gasteiger partial charge in [-0.05, 0) is 49.2 Å². The van der Waals surface area contributed by atoms with Crippen molar-refractivity contribution in [1.82, 2.24) is 0 Å². The van der Waals surface area contributed by atoms with E-state index in [0.29, 0.717) is 5.57 Å². The van der Waals surface area contributed by atoms with Crippen LogP contribution >= 0.6 is 0 Å². The number of hydrogen-bond acceptors (Lipinski definition) is 5. The highest BCUT2D eigenvalue weighted by molar-refractivity contribution is 6.91. The molecule has 0 rings (SSSR count). The van der Waals surface area contributed by atoms with E-state index in [9.17, 15) is 4.79 Å². The number of unbranched alkanes of at least 4 members (excludes halogenated alkanes) is 27. The van der Waals surface area contributed by atoms with Gasteiger partial charge < -0.3 is 16.8 Å². The Morgan fingerprint density at radius 3 is 0.746 bits per heavy atom. The average molecular weight is 1010 g/mol. The minimum atomic E-state index is -3.13. The third-order valence-electron chi connectivity index (χ3n) is 14.7. The van der Waals surface area contributed by atoms with Crippen molar-refractivity contribution in [2.45, 2.75) is 355 Å². The van der Waals surface area contributed by atoms with Crippen LogP contribution in [0.3, 0.4) is 0 Å². The zero-order chi connectivity index (χ0) is 49.8. The molecule has 67 heavy (non-hydrogen) atoms. The summed E-state index contributed by atoms with van der Waals surface area (Å²) in [5, 5.41) is 0. The molecule has 0 bridgehead atoms. The fourth-order valence-corrected chi connectivity index (χ4v) is 35.2. The van der Waals surface area contributed by atoms with Gasteiger partial charge in [-0.2, -0.15) is 0 Å². The van der Waals surface area contributed by atoms with Crippen LogP contribution in [-0.4, -0.2) is 40.0 Å². The molecular weight excluding hydrogens is 889 g/mol. The van der Waals surface area contributed by atoms with Crippen molar-refractivity contribution in [2.75, 3.05) is 0 Å². The first-order chi connectivity index (χ1) is 32.5. The molecule has 0 spiro atoms. The molecule has 0 aromatic rings. The topological polar surface area (TPSA) is 54.0 Å². The van der Waals surface area contributed by atoms with E-state index in [1.165, 1.54) is 211 Å². The summed E-state index contributed by atoms with van der Waals surface area (Å²) >= 11 is 0. The van der Waals surface area contributed by atoms with E-state index in [0.717, 1.165) is 74.8 Å². The molecule has 0 saturated heterocycles. The number of hydrogen-bond donors (Lipinski definition) is 0. The summed E-state index contributed by atoms with van der Waals surface area (Å²) in [6.45, 7) is 27.1. The average Bonchev–Trinajstić information content (AvgIpc) is 3.31. The normalized spacial score (nSPS) is 12.6. The number of rotatable bonds is 53. The van der Waals surface area contributed by atoms with Crippen molar-refractivity contribution < 1.29 is 21.6 Å². The van der Waals surface area contributed by atoms with Gasteiger partial charge in [-0.1, -0.05) is 300 Å². The number of carbonyl (C=O) groups excluding carboxylic acids is 1. The van der Waals surface area contributed by atoms with Crippen molar-refractivity contribution in [3.05, 3.63) is 12.2 Å². The van der Waals surface area contributed by atoms with Crippen LogP contribution in [0, 0.1) is 0 Å². The highest BCUT2D eigenvalue weighted by Crippen LogP contribution is 2.44. The van der Waals surface area contributed by atoms with E-state index >= 15 is 0 Å². The Hall–Kier alpha value is -0.0425. The summed E-state index contributed by atoms with van der Waals surface area (Å²) in [7, 11) is -11.3. The smallest absolute Gasteiger partial charge is 0.393 e. The summed E-state index contributed by atoms with van der Waals surface area (Å²) in [6.07, 6.45) is 44.6. The lowest BCUT2D eigenvalue weighted by Crippen LogP contribution is -2.63. The lowest BCUT2D eigenvalue weighted by molar-refractivity contribution is -0.132. The van der Waals surface area contributed by atoms with E-state index in [1.54, 1.807) is 0 Å². The standard InChI is InChI=1S/C58H122O5Si4/c1-12-21-30-39-48-64(49-40-31-22-13-2,50-41-32-23-14-3)61-66(53-44-35-26-17-6,54-45-36-27-18-7)63-67(55-46-37-28-19-8,56-47-38-29-20-9)62-65(51-42-33-24-15-4,52-43-34-25-16-5)60-58(59)57(10)11/h10,12-56H2,1-9,11H3. The zero-order valence-corrected chi connectivity index (χ0v) is 51.6. The Morgan fingerprint density at radius 1 is 0.299 bits per heavy atom. The monoisotopic (exact) mass is 1010 g/mol. The van der Waals surface area contributed by atoms with Gasteiger partial charge in [0.25, 0.3) is 0 Å². The lowest BCUT2D eigenvalue weighted by Gasteiger charge is -2.49. The molecule has 0 aliphatic heterocycles. The lowest BCUT2D eigenvalue weighted by atomic mass is 10.2. The van der Waals surface area contributed by atoms with Crippen LogP contribution in [0.1, 0.15) is 300 Å². The molecule has 0 aromatic carbocycles. The van der Waals surface area contributed by atoms with Gasteiger partial charge in [0.2, 0.25) is 0 Å². The van der Waals surface area contributed by atoms with Crippen molar-refractivity contribution in [3.8, 4) is 0 Å². The fourth-order valence-electron chi connectivity index (χ4n) is 10.5. The third kappa shape index (κ3) is 33.3. The van der Waals surface area contributed by atoms with E-state index in [2.05, 4.69) is 68.9 Å². The summed E-state index contributed by atoms with van der Waals surface area (Å²) in [5.74, 6) is -0.228. The molecule has 0 saturated carbocycles. The molecule has 0 fully saturated rings. The van der Waals surface area contributed by atoms with Gasteiger partial charge in [-0.15, -0.1) is 0 Å². The molecule has 0 radical (unpaired) electrons. The first kappa shape index (κ1) is 67.0. The molecule has 0 heterocycles. The second kappa shape index (κ2) is 44.6. The van der Waals surface area contributed by atoms with E-state index in [1.807, 2.05) is 6.92 Å². The highest BCUT2D eigenvalue weighted by Gasteiger charge is 2.56. The summed E-state index contributed by atoms with van der Waals surface area (Å²) in [4.78, 5) is 14.1. The number of carbonyl (C=O) groups is 1. The van der Waals surface area contributed by atoms with E-state index < -0.39 is 34.0 Å². The third-order valence-corrected chi connectivity index (χ3v) is 34.9. The molecule has 5 nitrogen and oxygen atoms in total.